The zero-order valence-electron chi connectivity index (χ0n) is 11.4. The Kier molecular flexibility index (Phi) is 4.50. The SMILES string of the molecule is CCC1CCC(NC(=O)c2cc(N)cc(Br)c2)C1C. The van der Waals surface area contributed by atoms with Gasteiger partial charge < -0.3 is 11.1 Å². The molecule has 1 amide bonds. The summed E-state index contributed by atoms with van der Waals surface area (Å²) < 4.78 is 0.837. The van der Waals surface area contributed by atoms with Crippen LogP contribution in [0, 0.1) is 11.8 Å². The third kappa shape index (κ3) is 3.30. The Labute approximate surface area is 123 Å². The number of rotatable bonds is 3. The number of carbonyl (C=O) groups excluding carboxylic acids is 1. The van der Waals surface area contributed by atoms with E-state index in [-0.39, 0.29) is 11.9 Å². The van der Waals surface area contributed by atoms with Gasteiger partial charge in [0.05, 0.1) is 0 Å². The molecular formula is C15H21BrN2O. The lowest BCUT2D eigenvalue weighted by molar-refractivity contribution is 0.0926. The molecule has 19 heavy (non-hydrogen) atoms. The van der Waals surface area contributed by atoms with Gasteiger partial charge in [-0.15, -0.1) is 0 Å². The third-order valence-corrected chi connectivity index (χ3v) is 4.71. The van der Waals surface area contributed by atoms with E-state index in [1.54, 1.807) is 12.1 Å². The van der Waals surface area contributed by atoms with E-state index >= 15 is 0 Å². The summed E-state index contributed by atoms with van der Waals surface area (Å²) >= 11 is 3.37. The Hall–Kier alpha value is -1.03. The first-order valence-electron chi connectivity index (χ1n) is 6.88. The van der Waals surface area contributed by atoms with Gasteiger partial charge in [-0.1, -0.05) is 36.2 Å². The highest BCUT2D eigenvalue weighted by Crippen LogP contribution is 2.34. The zero-order chi connectivity index (χ0) is 14.0. The van der Waals surface area contributed by atoms with Crippen molar-refractivity contribution in [1.29, 1.82) is 0 Å². The monoisotopic (exact) mass is 324 g/mol. The molecule has 1 aromatic rings. The molecule has 0 aromatic heterocycles. The minimum Gasteiger partial charge on any atom is -0.399 e. The average Bonchev–Trinajstić information content (AvgIpc) is 2.69. The van der Waals surface area contributed by atoms with Gasteiger partial charge in [0.15, 0.2) is 0 Å². The molecule has 1 fully saturated rings. The molecule has 3 nitrogen and oxygen atoms in total. The average molecular weight is 325 g/mol. The molecule has 1 aliphatic rings. The molecule has 2 rings (SSSR count). The van der Waals surface area contributed by atoms with Crippen LogP contribution in [0.15, 0.2) is 22.7 Å². The molecule has 4 heteroatoms. The number of nitrogens with two attached hydrogens (primary N) is 1. The van der Waals surface area contributed by atoms with Crippen molar-refractivity contribution in [2.75, 3.05) is 5.73 Å². The second kappa shape index (κ2) is 5.95. The zero-order valence-corrected chi connectivity index (χ0v) is 13.0. The smallest absolute Gasteiger partial charge is 0.251 e. The van der Waals surface area contributed by atoms with Gasteiger partial charge in [0.1, 0.15) is 0 Å². The number of nitrogens with one attached hydrogen (secondary N) is 1. The molecule has 1 aromatic carbocycles. The van der Waals surface area contributed by atoms with Crippen molar-refractivity contribution < 1.29 is 4.79 Å². The minimum absolute atomic E-state index is 0.0263. The van der Waals surface area contributed by atoms with Crippen molar-refractivity contribution >= 4 is 27.5 Å². The number of carbonyl (C=O) groups is 1. The van der Waals surface area contributed by atoms with Gasteiger partial charge in [0.2, 0.25) is 0 Å². The van der Waals surface area contributed by atoms with Crippen LogP contribution in [0.5, 0.6) is 0 Å². The van der Waals surface area contributed by atoms with Gasteiger partial charge >= 0.3 is 0 Å². The number of benzene rings is 1. The topological polar surface area (TPSA) is 55.1 Å². The summed E-state index contributed by atoms with van der Waals surface area (Å²) in [5, 5.41) is 3.15. The van der Waals surface area contributed by atoms with Crippen LogP contribution in [-0.2, 0) is 0 Å². The van der Waals surface area contributed by atoms with Crippen molar-refractivity contribution in [2.45, 2.75) is 39.2 Å². The number of hydrogen-bond donors (Lipinski definition) is 2. The first kappa shape index (κ1) is 14.4. The van der Waals surface area contributed by atoms with E-state index in [9.17, 15) is 4.79 Å². The van der Waals surface area contributed by atoms with Gasteiger partial charge in [0.25, 0.3) is 5.91 Å². The van der Waals surface area contributed by atoms with E-state index in [1.807, 2.05) is 6.07 Å². The molecule has 1 aliphatic carbocycles. The van der Waals surface area contributed by atoms with Crippen molar-refractivity contribution in [2.24, 2.45) is 11.8 Å². The highest BCUT2D eigenvalue weighted by atomic mass is 79.9. The summed E-state index contributed by atoms with van der Waals surface area (Å²) in [6.07, 6.45) is 3.48. The lowest BCUT2D eigenvalue weighted by Gasteiger charge is -2.21. The fourth-order valence-corrected chi connectivity index (χ4v) is 3.53. The summed E-state index contributed by atoms with van der Waals surface area (Å²) in [4.78, 5) is 12.3. The van der Waals surface area contributed by atoms with Crippen molar-refractivity contribution in [3.8, 4) is 0 Å². The van der Waals surface area contributed by atoms with E-state index in [2.05, 4.69) is 35.1 Å². The first-order valence-corrected chi connectivity index (χ1v) is 7.67. The molecule has 1 saturated carbocycles. The molecule has 3 atom stereocenters. The number of hydrogen-bond acceptors (Lipinski definition) is 2. The Balaban J connectivity index is 2.05. The van der Waals surface area contributed by atoms with Crippen LogP contribution in [-0.4, -0.2) is 11.9 Å². The molecule has 0 saturated heterocycles. The van der Waals surface area contributed by atoms with E-state index in [0.717, 1.165) is 16.8 Å². The normalized spacial score (nSPS) is 26.4. The second-order valence-electron chi connectivity index (χ2n) is 5.46. The predicted octanol–water partition coefficient (Wildman–Crippen LogP) is 3.59. The minimum atomic E-state index is -0.0263. The van der Waals surface area contributed by atoms with Crippen LogP contribution in [0.25, 0.3) is 0 Å². The van der Waals surface area contributed by atoms with E-state index < -0.39 is 0 Å². The van der Waals surface area contributed by atoms with Gasteiger partial charge in [-0.2, -0.15) is 0 Å². The number of anilines is 1. The Morgan fingerprint density at radius 2 is 2.16 bits per heavy atom. The molecule has 0 spiro atoms. The Morgan fingerprint density at radius 3 is 2.74 bits per heavy atom. The lowest BCUT2D eigenvalue weighted by atomic mass is 9.93. The highest BCUT2D eigenvalue weighted by Gasteiger charge is 2.32. The molecule has 3 N–H and O–H groups in total. The van der Waals surface area contributed by atoms with Crippen LogP contribution < -0.4 is 11.1 Å². The quantitative estimate of drug-likeness (QED) is 0.835. The maximum absolute atomic E-state index is 12.3. The molecule has 3 unspecified atom stereocenters. The summed E-state index contributed by atoms with van der Waals surface area (Å²) in [7, 11) is 0. The molecule has 0 heterocycles. The van der Waals surface area contributed by atoms with Gasteiger partial charge in [-0.25, -0.2) is 0 Å². The standard InChI is InChI=1S/C15H21BrN2O/c1-3-10-4-5-14(9(10)2)18-15(19)11-6-12(16)8-13(17)7-11/h6-10,14H,3-5,17H2,1-2H3,(H,18,19). The number of halogens is 1. The predicted molar refractivity (Wildman–Crippen MR) is 82.0 cm³/mol. The second-order valence-corrected chi connectivity index (χ2v) is 6.37. The maximum Gasteiger partial charge on any atom is 0.251 e. The van der Waals surface area contributed by atoms with Gasteiger partial charge in [0, 0.05) is 21.8 Å². The van der Waals surface area contributed by atoms with Crippen LogP contribution in [0.3, 0.4) is 0 Å². The fraction of sp³-hybridized carbons (Fsp3) is 0.533. The van der Waals surface area contributed by atoms with Gasteiger partial charge in [-0.3, -0.25) is 4.79 Å². The summed E-state index contributed by atoms with van der Waals surface area (Å²) in [5.41, 5.74) is 6.99. The van der Waals surface area contributed by atoms with E-state index in [0.29, 0.717) is 17.2 Å². The molecule has 0 bridgehead atoms. The molecule has 0 radical (unpaired) electrons. The van der Waals surface area contributed by atoms with E-state index in [1.165, 1.54) is 12.8 Å². The molecular weight excluding hydrogens is 304 g/mol. The summed E-state index contributed by atoms with van der Waals surface area (Å²) in [5.74, 6) is 1.26. The van der Waals surface area contributed by atoms with Crippen molar-refractivity contribution in [1.82, 2.24) is 5.32 Å². The summed E-state index contributed by atoms with van der Waals surface area (Å²) in [6.45, 7) is 4.46. The Morgan fingerprint density at radius 1 is 1.42 bits per heavy atom. The third-order valence-electron chi connectivity index (χ3n) is 4.25. The lowest BCUT2D eigenvalue weighted by Crippen LogP contribution is -2.37. The highest BCUT2D eigenvalue weighted by molar-refractivity contribution is 9.10. The number of amides is 1. The van der Waals surface area contributed by atoms with Crippen LogP contribution in [0.2, 0.25) is 0 Å². The largest absolute Gasteiger partial charge is 0.399 e. The Bertz CT molecular complexity index is 455. The van der Waals surface area contributed by atoms with E-state index in [4.69, 9.17) is 5.73 Å². The van der Waals surface area contributed by atoms with Gasteiger partial charge in [-0.05, 0) is 42.9 Å². The number of nitrogen functional groups attached to an aromatic ring is 1. The van der Waals surface area contributed by atoms with Crippen molar-refractivity contribution in [3.63, 3.8) is 0 Å². The molecule has 104 valence electrons. The first-order chi connectivity index (χ1) is 9.01. The summed E-state index contributed by atoms with van der Waals surface area (Å²) in [6, 6.07) is 5.61. The van der Waals surface area contributed by atoms with Crippen LogP contribution in [0.1, 0.15) is 43.5 Å². The van der Waals surface area contributed by atoms with Crippen molar-refractivity contribution in [3.05, 3.63) is 28.2 Å². The fourth-order valence-electron chi connectivity index (χ4n) is 3.02. The maximum atomic E-state index is 12.3. The van der Waals surface area contributed by atoms with Crippen LogP contribution >= 0.6 is 15.9 Å². The molecule has 0 aliphatic heterocycles. The van der Waals surface area contributed by atoms with Crippen LogP contribution in [0.4, 0.5) is 5.69 Å².